The third kappa shape index (κ3) is 3.77. The number of hydrogen-bond donors (Lipinski definition) is 1. The summed E-state index contributed by atoms with van der Waals surface area (Å²) in [5, 5.41) is 2.43. The lowest BCUT2D eigenvalue weighted by atomic mass is 9.97. The second-order valence-corrected chi connectivity index (χ2v) is 8.91. The van der Waals surface area contributed by atoms with Gasteiger partial charge in [-0.2, -0.15) is 0 Å². The maximum Gasteiger partial charge on any atom is 0.407 e. The average Bonchev–Trinajstić information content (AvgIpc) is 3.24. The zero-order valence-corrected chi connectivity index (χ0v) is 19.5. The minimum Gasteiger partial charge on any atom is -0.431 e. The number of carbonyl (C=O) groups excluding carboxylic acids is 2. The van der Waals surface area contributed by atoms with Gasteiger partial charge >= 0.3 is 6.09 Å². The average molecular weight is 436 g/mol. The molecule has 1 fully saturated rings. The summed E-state index contributed by atoms with van der Waals surface area (Å²) >= 11 is 0. The smallest absolute Gasteiger partial charge is 0.407 e. The molecule has 0 saturated carbocycles. The number of alkyl carbamates (subject to hydrolysis) is 1. The minimum absolute atomic E-state index is 0.127. The maximum absolute atomic E-state index is 13.1. The Hall–Kier alpha value is -2.86. The Morgan fingerprint density at radius 1 is 1.25 bits per heavy atom. The molecule has 2 aliphatic heterocycles. The van der Waals surface area contributed by atoms with E-state index in [1.54, 1.807) is 0 Å². The number of nitrogens with zero attached hydrogens (tertiary/aromatic N) is 2. The molecule has 3 aliphatic rings. The van der Waals surface area contributed by atoms with E-state index in [1.807, 2.05) is 25.7 Å². The summed E-state index contributed by atoms with van der Waals surface area (Å²) in [6, 6.07) is 7.01. The van der Waals surface area contributed by atoms with E-state index in [1.165, 1.54) is 29.3 Å². The van der Waals surface area contributed by atoms with Crippen molar-refractivity contribution in [3.63, 3.8) is 0 Å². The van der Waals surface area contributed by atoms with E-state index in [0.29, 0.717) is 6.04 Å². The molecule has 0 aromatic heterocycles. The molecule has 2 unspecified atom stereocenters. The molecule has 1 aromatic rings. The van der Waals surface area contributed by atoms with Gasteiger partial charge in [0.25, 0.3) is 5.91 Å². The van der Waals surface area contributed by atoms with Crippen LogP contribution in [0.1, 0.15) is 62.8 Å². The number of benzene rings is 1. The van der Waals surface area contributed by atoms with Crippen LogP contribution in [0.3, 0.4) is 0 Å². The first kappa shape index (κ1) is 22.3. The zero-order valence-electron chi connectivity index (χ0n) is 19.5. The molecular formula is C26H33N3O3. The van der Waals surface area contributed by atoms with Gasteiger partial charge in [-0.1, -0.05) is 36.9 Å². The van der Waals surface area contributed by atoms with Gasteiger partial charge in [-0.15, -0.1) is 0 Å². The molecule has 4 rings (SSSR count). The number of rotatable bonds is 4. The van der Waals surface area contributed by atoms with Crippen molar-refractivity contribution in [3.05, 3.63) is 58.8 Å². The van der Waals surface area contributed by atoms with Crippen molar-refractivity contribution in [2.45, 2.75) is 58.2 Å². The number of hydrogen-bond acceptors (Lipinski definition) is 4. The predicted octanol–water partition coefficient (Wildman–Crippen LogP) is 4.50. The van der Waals surface area contributed by atoms with Crippen LogP contribution in [-0.2, 0) is 9.53 Å². The number of ether oxygens (including phenoxy) is 1. The van der Waals surface area contributed by atoms with E-state index in [4.69, 9.17) is 4.74 Å². The van der Waals surface area contributed by atoms with Crippen molar-refractivity contribution in [1.82, 2.24) is 15.1 Å². The van der Waals surface area contributed by atoms with Crippen LogP contribution >= 0.6 is 0 Å². The molecule has 2 heterocycles. The predicted molar refractivity (Wildman–Crippen MR) is 127 cm³/mol. The van der Waals surface area contributed by atoms with E-state index < -0.39 is 12.2 Å². The highest BCUT2D eigenvalue weighted by atomic mass is 16.6. The van der Waals surface area contributed by atoms with Crippen LogP contribution in [0.25, 0.3) is 11.6 Å². The second kappa shape index (κ2) is 8.94. The van der Waals surface area contributed by atoms with Crippen molar-refractivity contribution in [1.29, 1.82) is 0 Å². The third-order valence-electron chi connectivity index (χ3n) is 7.15. The van der Waals surface area contributed by atoms with E-state index in [-0.39, 0.29) is 11.9 Å². The van der Waals surface area contributed by atoms with Crippen molar-refractivity contribution in [2.75, 3.05) is 20.1 Å². The SMILES string of the molecule is C=C1CC(N2CCC(N3C(=O)C(OC(=O)NC)C(C)=C3C)CC2)c2cccc(/C=C\C)c21. The number of allylic oxidation sites excluding steroid dienone is 2. The van der Waals surface area contributed by atoms with Gasteiger partial charge in [-0.05, 0) is 67.9 Å². The fourth-order valence-electron chi connectivity index (χ4n) is 5.44. The summed E-state index contributed by atoms with van der Waals surface area (Å²) in [6.07, 6.45) is 5.59. The Bertz CT molecular complexity index is 1000. The number of amides is 2. The molecule has 0 spiro atoms. The molecule has 0 radical (unpaired) electrons. The summed E-state index contributed by atoms with van der Waals surface area (Å²) < 4.78 is 5.34. The zero-order chi connectivity index (χ0) is 23.0. The number of nitrogens with one attached hydrogen (secondary N) is 1. The highest BCUT2D eigenvalue weighted by molar-refractivity contribution is 5.91. The molecule has 1 aromatic carbocycles. The Kier molecular flexibility index (Phi) is 6.24. The lowest BCUT2D eigenvalue weighted by Gasteiger charge is -2.40. The third-order valence-corrected chi connectivity index (χ3v) is 7.15. The van der Waals surface area contributed by atoms with Crippen LogP contribution in [0.4, 0.5) is 4.79 Å². The topological polar surface area (TPSA) is 61.9 Å². The van der Waals surface area contributed by atoms with Gasteiger partial charge in [-0.3, -0.25) is 9.69 Å². The Labute approximate surface area is 190 Å². The van der Waals surface area contributed by atoms with Gasteiger partial charge in [-0.25, -0.2) is 4.79 Å². The van der Waals surface area contributed by atoms with Crippen LogP contribution in [0.2, 0.25) is 0 Å². The van der Waals surface area contributed by atoms with Crippen LogP contribution in [0.15, 0.2) is 42.1 Å². The quantitative estimate of drug-likeness (QED) is 0.756. The van der Waals surface area contributed by atoms with Crippen molar-refractivity contribution < 1.29 is 14.3 Å². The van der Waals surface area contributed by atoms with Gasteiger partial charge < -0.3 is 15.0 Å². The molecule has 6 heteroatoms. The van der Waals surface area contributed by atoms with Crippen LogP contribution in [-0.4, -0.2) is 54.1 Å². The van der Waals surface area contributed by atoms with Crippen LogP contribution in [0.5, 0.6) is 0 Å². The van der Waals surface area contributed by atoms with E-state index >= 15 is 0 Å². The molecule has 170 valence electrons. The van der Waals surface area contributed by atoms with Crippen molar-refractivity contribution >= 4 is 23.6 Å². The van der Waals surface area contributed by atoms with E-state index in [9.17, 15) is 9.59 Å². The molecule has 1 saturated heterocycles. The standard InChI is InChI=1S/C26H33N3O3/c1-6-8-19-9-7-10-21-22(15-16(2)23(19)21)28-13-11-20(12-14-28)29-18(4)17(3)24(25(29)30)32-26(31)27-5/h6-10,20,22,24H,2,11-15H2,1,3-5H3,(H,27,31)/b8-6-. The molecule has 6 nitrogen and oxygen atoms in total. The van der Waals surface area contributed by atoms with Gasteiger partial charge in [0.15, 0.2) is 0 Å². The Balaban J connectivity index is 1.46. The summed E-state index contributed by atoms with van der Waals surface area (Å²) in [4.78, 5) is 29.2. The van der Waals surface area contributed by atoms with Crippen LogP contribution < -0.4 is 5.32 Å². The van der Waals surface area contributed by atoms with Crippen molar-refractivity contribution in [2.24, 2.45) is 0 Å². The van der Waals surface area contributed by atoms with Gasteiger partial charge in [0.2, 0.25) is 6.10 Å². The summed E-state index contributed by atoms with van der Waals surface area (Å²) in [6.45, 7) is 12.1. The van der Waals surface area contributed by atoms with Crippen LogP contribution in [0, 0.1) is 0 Å². The lowest BCUT2D eigenvalue weighted by Crippen LogP contribution is -2.47. The summed E-state index contributed by atoms with van der Waals surface area (Å²) in [7, 11) is 1.50. The Morgan fingerprint density at radius 3 is 2.62 bits per heavy atom. The molecule has 1 aliphatic carbocycles. The van der Waals surface area contributed by atoms with Gasteiger partial charge in [0, 0.05) is 37.9 Å². The van der Waals surface area contributed by atoms with Crippen molar-refractivity contribution in [3.8, 4) is 0 Å². The molecule has 32 heavy (non-hydrogen) atoms. The minimum atomic E-state index is -0.817. The maximum atomic E-state index is 13.1. The summed E-state index contributed by atoms with van der Waals surface area (Å²) in [5.41, 5.74) is 6.85. The molecular weight excluding hydrogens is 402 g/mol. The first-order valence-electron chi connectivity index (χ1n) is 11.4. The van der Waals surface area contributed by atoms with Gasteiger partial charge in [0.1, 0.15) is 0 Å². The number of fused-ring (bicyclic) bond motifs is 1. The first-order chi connectivity index (χ1) is 15.4. The van der Waals surface area contributed by atoms with E-state index in [2.05, 4.69) is 47.1 Å². The normalized spacial score (nSPS) is 24.6. The largest absolute Gasteiger partial charge is 0.431 e. The van der Waals surface area contributed by atoms with E-state index in [0.717, 1.165) is 43.6 Å². The number of carbonyl (C=O) groups is 2. The second-order valence-electron chi connectivity index (χ2n) is 8.91. The molecule has 2 amide bonds. The van der Waals surface area contributed by atoms with Gasteiger partial charge in [0.05, 0.1) is 0 Å². The molecule has 1 N–H and O–H groups in total. The Morgan fingerprint density at radius 2 is 1.97 bits per heavy atom. The fraction of sp³-hybridized carbons (Fsp3) is 0.462. The fourth-order valence-corrected chi connectivity index (χ4v) is 5.44. The number of likely N-dealkylation sites (tertiary alicyclic amines) is 1. The highest BCUT2D eigenvalue weighted by Gasteiger charge is 2.43. The monoisotopic (exact) mass is 435 g/mol. The summed E-state index contributed by atoms with van der Waals surface area (Å²) in [5.74, 6) is -0.127. The molecule has 0 bridgehead atoms. The first-order valence-corrected chi connectivity index (χ1v) is 11.4. The lowest BCUT2D eigenvalue weighted by molar-refractivity contribution is -0.136. The highest BCUT2D eigenvalue weighted by Crippen LogP contribution is 2.45. The number of piperidine rings is 1. The molecule has 2 atom stereocenters.